The normalized spacial score (nSPS) is 13.2. The fourth-order valence-corrected chi connectivity index (χ4v) is 4.56. The molecule has 0 saturated carbocycles. The number of carbonyl (C=O) groups is 1. The van der Waals surface area contributed by atoms with Gasteiger partial charge in [-0.25, -0.2) is 13.2 Å². The van der Waals surface area contributed by atoms with Crippen molar-refractivity contribution in [3.8, 4) is 23.0 Å². The van der Waals surface area contributed by atoms with Gasteiger partial charge in [0.05, 0.1) is 0 Å². The Morgan fingerprint density at radius 2 is 1.32 bits per heavy atom. The second-order valence-electron chi connectivity index (χ2n) is 5.80. The van der Waals surface area contributed by atoms with Crippen molar-refractivity contribution >= 4 is 25.9 Å². The lowest BCUT2D eigenvalue weighted by molar-refractivity contribution is 0.0693. The van der Waals surface area contributed by atoms with Crippen LogP contribution in [0.2, 0.25) is 0 Å². The molecule has 0 amide bonds. The number of phenols is 4. The lowest BCUT2D eigenvalue weighted by Crippen LogP contribution is -2.15. The quantitative estimate of drug-likeness (QED) is 0.283. The van der Waals surface area contributed by atoms with Crippen LogP contribution in [-0.2, 0) is 20.0 Å². The SMILES string of the molecule is CS(=O)(=O)C(c1cc(O)cc(C(=O)O)c1O)c1cc(O)cc(S(=O)(=O)O)c1O. The lowest BCUT2D eigenvalue weighted by Gasteiger charge is -2.20. The van der Waals surface area contributed by atoms with E-state index in [0.717, 1.165) is 0 Å². The third-order valence-electron chi connectivity index (χ3n) is 3.71. The fourth-order valence-electron chi connectivity index (χ4n) is 2.64. The highest BCUT2D eigenvalue weighted by Gasteiger charge is 2.35. The highest BCUT2D eigenvalue weighted by atomic mass is 32.2. The molecule has 2 rings (SSSR count). The lowest BCUT2D eigenvalue weighted by atomic mass is 9.99. The van der Waals surface area contributed by atoms with Gasteiger partial charge in [0.1, 0.15) is 38.7 Å². The maximum atomic E-state index is 12.4. The molecule has 13 heteroatoms. The molecular formula is C15H14O11S2. The predicted octanol–water partition coefficient (Wildman–Crippen LogP) is 0.588. The van der Waals surface area contributed by atoms with Gasteiger partial charge in [-0.05, 0) is 18.2 Å². The molecule has 11 nitrogen and oxygen atoms in total. The molecule has 0 aliphatic rings. The summed E-state index contributed by atoms with van der Waals surface area (Å²) in [6, 6.07) is 2.45. The summed E-state index contributed by atoms with van der Waals surface area (Å²) < 4.78 is 56.7. The van der Waals surface area contributed by atoms with Crippen molar-refractivity contribution in [2.75, 3.05) is 6.26 Å². The molecule has 1 unspecified atom stereocenters. The van der Waals surface area contributed by atoms with Gasteiger partial charge in [0.15, 0.2) is 9.84 Å². The molecule has 0 radical (unpaired) electrons. The monoisotopic (exact) mass is 434 g/mol. The predicted molar refractivity (Wildman–Crippen MR) is 93.0 cm³/mol. The first-order valence-corrected chi connectivity index (χ1v) is 10.6. The molecule has 0 aliphatic carbocycles. The van der Waals surface area contributed by atoms with E-state index in [4.69, 9.17) is 5.11 Å². The largest absolute Gasteiger partial charge is 0.508 e. The summed E-state index contributed by atoms with van der Waals surface area (Å²) in [5.41, 5.74) is -2.35. The number of aromatic hydroxyl groups is 4. The maximum Gasteiger partial charge on any atom is 0.339 e. The molecule has 152 valence electrons. The van der Waals surface area contributed by atoms with Gasteiger partial charge in [0.2, 0.25) is 0 Å². The molecule has 0 bridgehead atoms. The van der Waals surface area contributed by atoms with Crippen molar-refractivity contribution < 1.29 is 51.7 Å². The standard InChI is InChI=1S/C15H14O11S2/c1-27(22,23)14(8-2-6(16)4-10(12(8)18)15(20)21)9-3-7(17)5-11(13(9)19)28(24,25)26/h2-5,14,16-19H,1H3,(H,20,21)(H,24,25,26). The van der Waals surface area contributed by atoms with Gasteiger partial charge in [0.25, 0.3) is 10.1 Å². The smallest absolute Gasteiger partial charge is 0.339 e. The number of aromatic carboxylic acids is 1. The zero-order chi connectivity index (χ0) is 21.6. The molecule has 0 saturated heterocycles. The Bertz CT molecular complexity index is 1180. The van der Waals surface area contributed by atoms with Crippen molar-refractivity contribution in [3.05, 3.63) is 41.0 Å². The molecule has 0 aliphatic heterocycles. The van der Waals surface area contributed by atoms with E-state index in [1.807, 2.05) is 0 Å². The van der Waals surface area contributed by atoms with Gasteiger partial charge >= 0.3 is 5.97 Å². The second kappa shape index (κ2) is 6.85. The van der Waals surface area contributed by atoms with Crippen LogP contribution < -0.4 is 0 Å². The molecule has 1 atom stereocenters. The van der Waals surface area contributed by atoms with Crippen molar-refractivity contribution in [1.82, 2.24) is 0 Å². The highest BCUT2D eigenvalue weighted by molar-refractivity contribution is 7.91. The van der Waals surface area contributed by atoms with Crippen LogP contribution in [-0.4, -0.2) is 59.1 Å². The average Bonchev–Trinajstić information content (AvgIpc) is 2.50. The van der Waals surface area contributed by atoms with Gasteiger partial charge in [-0.2, -0.15) is 8.42 Å². The zero-order valence-corrected chi connectivity index (χ0v) is 15.6. The molecule has 2 aromatic rings. The van der Waals surface area contributed by atoms with E-state index in [0.29, 0.717) is 30.5 Å². The van der Waals surface area contributed by atoms with Crippen molar-refractivity contribution in [1.29, 1.82) is 0 Å². The summed E-state index contributed by atoms with van der Waals surface area (Å²) in [5.74, 6) is -5.63. The molecular weight excluding hydrogens is 420 g/mol. The summed E-state index contributed by atoms with van der Waals surface area (Å²) >= 11 is 0. The number of sulfone groups is 1. The molecule has 0 aromatic heterocycles. The molecule has 2 aromatic carbocycles. The fraction of sp³-hybridized carbons (Fsp3) is 0.133. The summed E-state index contributed by atoms with van der Waals surface area (Å²) in [4.78, 5) is 10.0. The molecule has 0 fully saturated rings. The van der Waals surface area contributed by atoms with Gasteiger partial charge in [-0.3, -0.25) is 4.55 Å². The van der Waals surface area contributed by atoms with Gasteiger partial charge in [-0.15, -0.1) is 0 Å². The van der Waals surface area contributed by atoms with E-state index < -0.39 is 75.8 Å². The Labute approximate surface area is 158 Å². The van der Waals surface area contributed by atoms with E-state index in [2.05, 4.69) is 0 Å². The van der Waals surface area contributed by atoms with E-state index in [9.17, 15) is 46.6 Å². The third kappa shape index (κ3) is 3.95. The first-order chi connectivity index (χ1) is 12.6. The molecule has 28 heavy (non-hydrogen) atoms. The number of rotatable bonds is 5. The molecule has 0 heterocycles. The van der Waals surface area contributed by atoms with Crippen molar-refractivity contribution in [2.45, 2.75) is 10.1 Å². The number of benzene rings is 2. The van der Waals surface area contributed by atoms with Gasteiger partial charge in [-0.1, -0.05) is 0 Å². The first kappa shape index (κ1) is 21.3. The Morgan fingerprint density at radius 3 is 1.75 bits per heavy atom. The van der Waals surface area contributed by atoms with Crippen LogP contribution in [0, 0.1) is 0 Å². The topological polar surface area (TPSA) is 207 Å². The maximum absolute atomic E-state index is 12.4. The summed E-state index contributed by atoms with van der Waals surface area (Å²) in [7, 11) is -9.46. The average molecular weight is 434 g/mol. The highest BCUT2D eigenvalue weighted by Crippen LogP contribution is 2.45. The molecule has 0 spiro atoms. The minimum absolute atomic E-state index is 0.457. The Balaban J connectivity index is 2.99. The van der Waals surface area contributed by atoms with Crippen LogP contribution in [0.3, 0.4) is 0 Å². The van der Waals surface area contributed by atoms with Crippen LogP contribution in [0.15, 0.2) is 29.2 Å². The number of phenolic OH excluding ortho intramolecular Hbond substituents is 3. The van der Waals surface area contributed by atoms with E-state index in [1.165, 1.54) is 0 Å². The number of carboxylic acids is 1. The van der Waals surface area contributed by atoms with E-state index in [1.54, 1.807) is 0 Å². The van der Waals surface area contributed by atoms with E-state index >= 15 is 0 Å². The summed E-state index contributed by atoms with van der Waals surface area (Å²) in [6.45, 7) is 0. The van der Waals surface area contributed by atoms with Crippen LogP contribution in [0.25, 0.3) is 0 Å². The Kier molecular flexibility index (Phi) is 5.20. The molecule has 6 N–H and O–H groups in total. The van der Waals surface area contributed by atoms with Crippen LogP contribution in [0.1, 0.15) is 26.7 Å². The second-order valence-corrected chi connectivity index (χ2v) is 9.32. The Morgan fingerprint density at radius 1 is 0.857 bits per heavy atom. The van der Waals surface area contributed by atoms with Crippen LogP contribution >= 0.6 is 0 Å². The summed E-state index contributed by atoms with van der Waals surface area (Å²) in [5, 5.41) is 46.8. The minimum atomic E-state index is -5.09. The van der Waals surface area contributed by atoms with Gasteiger partial charge < -0.3 is 25.5 Å². The minimum Gasteiger partial charge on any atom is -0.508 e. The third-order valence-corrected chi connectivity index (χ3v) is 5.95. The number of carboxylic acid groups (broad SMARTS) is 1. The zero-order valence-electron chi connectivity index (χ0n) is 13.9. The van der Waals surface area contributed by atoms with Crippen LogP contribution in [0.5, 0.6) is 23.0 Å². The summed E-state index contributed by atoms with van der Waals surface area (Å²) in [6.07, 6.45) is 0.623. The van der Waals surface area contributed by atoms with Crippen molar-refractivity contribution in [2.24, 2.45) is 0 Å². The van der Waals surface area contributed by atoms with Gasteiger partial charge in [0, 0.05) is 23.4 Å². The van der Waals surface area contributed by atoms with E-state index in [-0.39, 0.29) is 0 Å². The van der Waals surface area contributed by atoms with Crippen LogP contribution in [0.4, 0.5) is 0 Å². The number of hydrogen-bond donors (Lipinski definition) is 6. The first-order valence-electron chi connectivity index (χ1n) is 7.16. The van der Waals surface area contributed by atoms with Crippen molar-refractivity contribution in [3.63, 3.8) is 0 Å². The number of hydrogen-bond acceptors (Lipinski definition) is 9. The Hall–Kier alpha value is -3.03.